The Hall–Kier alpha value is -0.130. The normalized spacial score (nSPS) is 23.2. The first-order valence-electron chi connectivity index (χ1n) is 5.62. The summed E-state index contributed by atoms with van der Waals surface area (Å²) < 4.78 is 5.71. The van der Waals surface area contributed by atoms with Gasteiger partial charge in [-0.05, 0) is 37.1 Å². The molecule has 0 bridgehead atoms. The maximum Gasteiger partial charge on any atom is 0.0594 e. The van der Waals surface area contributed by atoms with E-state index < -0.39 is 0 Å². The number of hydrogen-bond acceptors (Lipinski definition) is 4. The Balaban J connectivity index is 1.97. The van der Waals surface area contributed by atoms with Crippen LogP contribution in [0, 0.1) is 0 Å². The summed E-state index contributed by atoms with van der Waals surface area (Å²) in [5.41, 5.74) is 2.84. The standard InChI is InChI=1S/C11H17ClN2OS/c12-9-4-6-16-11(9)10(14-13)7-8-3-1-2-5-15-8/h4,6,8,10,14H,1-3,5,7,13H2. The van der Waals surface area contributed by atoms with Gasteiger partial charge in [0.05, 0.1) is 17.2 Å². The van der Waals surface area contributed by atoms with E-state index in [1.165, 1.54) is 12.8 Å². The number of nitrogens with two attached hydrogens (primary N) is 1. The van der Waals surface area contributed by atoms with Crippen LogP contribution in [0.15, 0.2) is 11.4 Å². The minimum absolute atomic E-state index is 0.107. The van der Waals surface area contributed by atoms with Crippen LogP contribution in [0.3, 0.4) is 0 Å². The summed E-state index contributed by atoms with van der Waals surface area (Å²) in [6.45, 7) is 0.875. The first-order chi connectivity index (χ1) is 7.81. The van der Waals surface area contributed by atoms with Gasteiger partial charge in [-0.25, -0.2) is 0 Å². The summed E-state index contributed by atoms with van der Waals surface area (Å²) in [4.78, 5) is 1.11. The third-order valence-electron chi connectivity index (χ3n) is 2.94. The summed E-state index contributed by atoms with van der Waals surface area (Å²) in [7, 11) is 0. The van der Waals surface area contributed by atoms with Crippen LogP contribution in [-0.4, -0.2) is 12.7 Å². The first kappa shape index (κ1) is 12.3. The van der Waals surface area contributed by atoms with Crippen molar-refractivity contribution in [2.24, 2.45) is 5.84 Å². The zero-order valence-corrected chi connectivity index (χ0v) is 10.7. The molecule has 16 heavy (non-hydrogen) atoms. The Kier molecular flexibility index (Phi) is 4.61. The average molecular weight is 261 g/mol. The monoisotopic (exact) mass is 260 g/mol. The molecule has 0 aliphatic carbocycles. The summed E-state index contributed by atoms with van der Waals surface area (Å²) >= 11 is 7.75. The van der Waals surface area contributed by atoms with E-state index in [1.807, 2.05) is 11.4 Å². The van der Waals surface area contributed by atoms with Gasteiger partial charge in [0.15, 0.2) is 0 Å². The van der Waals surface area contributed by atoms with Crippen molar-refractivity contribution in [2.75, 3.05) is 6.61 Å². The molecule has 2 heterocycles. The molecule has 1 aromatic heterocycles. The molecule has 2 atom stereocenters. The molecular formula is C11H17ClN2OS. The van der Waals surface area contributed by atoms with E-state index in [2.05, 4.69) is 5.43 Å². The Morgan fingerprint density at radius 1 is 1.62 bits per heavy atom. The number of halogens is 1. The largest absolute Gasteiger partial charge is 0.378 e. The van der Waals surface area contributed by atoms with Crippen LogP contribution in [0.5, 0.6) is 0 Å². The second kappa shape index (κ2) is 5.98. The van der Waals surface area contributed by atoms with Crippen LogP contribution in [0.2, 0.25) is 5.02 Å². The van der Waals surface area contributed by atoms with Crippen molar-refractivity contribution in [1.82, 2.24) is 5.43 Å². The lowest BCUT2D eigenvalue weighted by Crippen LogP contribution is -2.32. The van der Waals surface area contributed by atoms with E-state index in [-0.39, 0.29) is 6.04 Å². The summed E-state index contributed by atoms with van der Waals surface area (Å²) in [6.07, 6.45) is 4.77. The van der Waals surface area contributed by atoms with E-state index in [9.17, 15) is 0 Å². The third kappa shape index (κ3) is 2.96. The van der Waals surface area contributed by atoms with Crippen molar-refractivity contribution >= 4 is 22.9 Å². The van der Waals surface area contributed by atoms with Gasteiger partial charge in [-0.15, -0.1) is 11.3 Å². The minimum Gasteiger partial charge on any atom is -0.378 e. The van der Waals surface area contributed by atoms with Crippen LogP contribution >= 0.6 is 22.9 Å². The van der Waals surface area contributed by atoms with Gasteiger partial charge in [-0.3, -0.25) is 11.3 Å². The Labute approximate surface area is 105 Å². The molecule has 5 heteroatoms. The molecule has 0 saturated carbocycles. The molecule has 1 saturated heterocycles. The highest BCUT2D eigenvalue weighted by Crippen LogP contribution is 2.32. The summed E-state index contributed by atoms with van der Waals surface area (Å²) in [6, 6.07) is 2.02. The molecule has 0 amide bonds. The summed E-state index contributed by atoms with van der Waals surface area (Å²) in [5, 5.41) is 2.78. The number of hydrazine groups is 1. The average Bonchev–Trinajstić information content (AvgIpc) is 2.74. The molecule has 1 fully saturated rings. The van der Waals surface area contributed by atoms with Crippen LogP contribution in [0.1, 0.15) is 36.6 Å². The molecule has 90 valence electrons. The van der Waals surface area contributed by atoms with Crippen molar-refractivity contribution in [1.29, 1.82) is 0 Å². The molecule has 3 nitrogen and oxygen atoms in total. The molecule has 2 unspecified atom stereocenters. The summed E-state index contributed by atoms with van der Waals surface area (Å²) in [5.74, 6) is 5.59. The number of rotatable bonds is 4. The lowest BCUT2D eigenvalue weighted by Gasteiger charge is -2.26. The van der Waals surface area contributed by atoms with E-state index in [4.69, 9.17) is 22.2 Å². The second-order valence-corrected chi connectivity index (χ2v) is 5.43. The van der Waals surface area contributed by atoms with Crippen LogP contribution in [0.25, 0.3) is 0 Å². The molecule has 0 radical (unpaired) electrons. The SMILES string of the molecule is NNC(CC1CCCCO1)c1sccc1Cl. The van der Waals surface area contributed by atoms with Gasteiger partial charge in [-0.2, -0.15) is 0 Å². The van der Waals surface area contributed by atoms with E-state index >= 15 is 0 Å². The lowest BCUT2D eigenvalue weighted by atomic mass is 10.0. The molecular weight excluding hydrogens is 244 g/mol. The molecule has 1 aliphatic rings. The van der Waals surface area contributed by atoms with Crippen LogP contribution < -0.4 is 11.3 Å². The van der Waals surface area contributed by atoms with E-state index in [0.29, 0.717) is 6.10 Å². The number of ether oxygens (including phenoxy) is 1. The fraction of sp³-hybridized carbons (Fsp3) is 0.636. The van der Waals surface area contributed by atoms with Crippen molar-refractivity contribution in [2.45, 2.75) is 37.8 Å². The molecule has 2 rings (SSSR count). The van der Waals surface area contributed by atoms with E-state index in [0.717, 1.165) is 29.3 Å². The molecule has 1 aliphatic heterocycles. The van der Waals surface area contributed by atoms with Crippen molar-refractivity contribution < 1.29 is 4.74 Å². The smallest absolute Gasteiger partial charge is 0.0594 e. The molecule has 3 N–H and O–H groups in total. The predicted octanol–water partition coefficient (Wildman–Crippen LogP) is 2.87. The quantitative estimate of drug-likeness (QED) is 0.647. The maximum absolute atomic E-state index is 6.11. The minimum atomic E-state index is 0.107. The zero-order chi connectivity index (χ0) is 11.4. The van der Waals surface area contributed by atoms with Crippen molar-refractivity contribution in [3.63, 3.8) is 0 Å². The maximum atomic E-state index is 6.11. The van der Waals surface area contributed by atoms with Gasteiger partial charge in [0, 0.05) is 11.5 Å². The third-order valence-corrected chi connectivity index (χ3v) is 4.41. The number of nitrogens with one attached hydrogen (secondary N) is 1. The zero-order valence-electron chi connectivity index (χ0n) is 9.12. The Morgan fingerprint density at radius 2 is 2.50 bits per heavy atom. The Morgan fingerprint density at radius 3 is 3.06 bits per heavy atom. The Bertz CT molecular complexity index is 326. The van der Waals surface area contributed by atoms with Crippen molar-refractivity contribution in [3.8, 4) is 0 Å². The van der Waals surface area contributed by atoms with Crippen LogP contribution in [-0.2, 0) is 4.74 Å². The number of thiophene rings is 1. The van der Waals surface area contributed by atoms with Gasteiger partial charge >= 0.3 is 0 Å². The van der Waals surface area contributed by atoms with Gasteiger partial charge in [0.1, 0.15) is 0 Å². The molecule has 0 aromatic carbocycles. The van der Waals surface area contributed by atoms with Crippen LogP contribution in [0.4, 0.5) is 0 Å². The lowest BCUT2D eigenvalue weighted by molar-refractivity contribution is 0.00524. The first-order valence-corrected chi connectivity index (χ1v) is 6.87. The van der Waals surface area contributed by atoms with Crippen molar-refractivity contribution in [3.05, 3.63) is 21.3 Å². The van der Waals surface area contributed by atoms with Gasteiger partial charge < -0.3 is 4.74 Å². The highest BCUT2D eigenvalue weighted by molar-refractivity contribution is 7.10. The fourth-order valence-electron chi connectivity index (χ4n) is 2.06. The second-order valence-electron chi connectivity index (χ2n) is 4.08. The highest BCUT2D eigenvalue weighted by atomic mass is 35.5. The van der Waals surface area contributed by atoms with Gasteiger partial charge in [0.25, 0.3) is 0 Å². The predicted molar refractivity (Wildman–Crippen MR) is 67.6 cm³/mol. The van der Waals surface area contributed by atoms with Gasteiger partial charge in [0.2, 0.25) is 0 Å². The fourth-order valence-corrected chi connectivity index (χ4v) is 3.32. The van der Waals surface area contributed by atoms with E-state index in [1.54, 1.807) is 11.3 Å². The van der Waals surface area contributed by atoms with Gasteiger partial charge in [-0.1, -0.05) is 11.6 Å². The number of hydrogen-bond donors (Lipinski definition) is 2. The molecule has 0 spiro atoms. The highest BCUT2D eigenvalue weighted by Gasteiger charge is 2.22. The topological polar surface area (TPSA) is 47.3 Å². The molecule has 1 aromatic rings.